The summed E-state index contributed by atoms with van der Waals surface area (Å²) in [6, 6.07) is -2.91. The van der Waals surface area contributed by atoms with E-state index in [0.717, 1.165) is 0 Å². The van der Waals surface area contributed by atoms with Crippen molar-refractivity contribution in [1.29, 1.82) is 0 Å². The molecule has 22 nitrogen and oxygen atoms in total. The Labute approximate surface area is 451 Å². The lowest BCUT2D eigenvalue weighted by molar-refractivity contribution is -0.310. The second kappa shape index (κ2) is 32.1. The maximum Gasteiger partial charge on any atom is 0.311 e. The number of nitrogens with two attached hydrogens (primary N) is 1. The van der Waals surface area contributed by atoms with Crippen molar-refractivity contribution in [3.63, 3.8) is 0 Å². The third-order valence-electron chi connectivity index (χ3n) is 13.6. The molecule has 3 aliphatic heterocycles. The lowest BCUT2D eigenvalue weighted by atomic mass is 9.82. The molecule has 0 aromatic heterocycles. The number of hydrogen-bond acceptors (Lipinski definition) is 20. The lowest BCUT2D eigenvalue weighted by Crippen LogP contribution is -2.65. The Balaban J connectivity index is 1.91. The van der Waals surface area contributed by atoms with Crippen LogP contribution in [0.4, 0.5) is 0 Å². The summed E-state index contributed by atoms with van der Waals surface area (Å²) < 4.78 is 28.8. The molecule has 2 fully saturated rings. The van der Waals surface area contributed by atoms with Crippen LogP contribution >= 0.6 is 0 Å². The van der Waals surface area contributed by atoms with E-state index in [4.69, 9.17) is 29.4 Å². The van der Waals surface area contributed by atoms with Gasteiger partial charge in [0, 0.05) is 31.1 Å². The molecule has 438 valence electrons. The summed E-state index contributed by atoms with van der Waals surface area (Å²) in [5.41, 5.74) is 5.15. The average Bonchev–Trinajstić information content (AvgIpc) is 3.31. The number of carbonyl (C=O) groups is 4. The van der Waals surface area contributed by atoms with E-state index < -0.39 is 177 Å². The predicted molar refractivity (Wildman–Crippen MR) is 279 cm³/mol. The number of ether oxygens (including phenoxy) is 5. The number of carbonyl (C=O) groups excluding carboxylic acids is 3. The van der Waals surface area contributed by atoms with Crippen molar-refractivity contribution in [1.82, 2.24) is 5.32 Å². The number of fused-ring (bicyclic) bond motifs is 2. The minimum absolute atomic E-state index is 0.179. The van der Waals surface area contributed by atoms with Crippen LogP contribution < -0.4 is 11.1 Å². The van der Waals surface area contributed by atoms with Gasteiger partial charge in [-0.1, -0.05) is 86.8 Å². The summed E-state index contributed by atoms with van der Waals surface area (Å²) in [6.45, 7) is 11.6. The number of nitrogens with one attached hydrogen (secondary N) is 1. The van der Waals surface area contributed by atoms with Gasteiger partial charge in [-0.2, -0.15) is 0 Å². The SMILES string of the molecule is C[C@@H]1[C@H](O)[C@@H](C)/C=C/C=C/CC/C=C/C=C/C=C/C=C/[C@H](O[C@@H]2O[C@H](C)[C@@H](O)[C@H](NC(=O)[C@H](N)CC(=O)OC(C)(C)C)[C@@H]2O)C[C@@H]2O[C@](O)(C[C@@H](O)[C@H](O)CC[C@@H](O)C[C@@H](O)C[C@@H](O)CC(=O)O[C@H]1C)C[C@H](O)[C@H]2C(=O)O. The summed E-state index contributed by atoms with van der Waals surface area (Å²) >= 11 is 0. The van der Waals surface area contributed by atoms with Crippen LogP contribution in [0.3, 0.4) is 0 Å². The Kier molecular flexibility index (Phi) is 28.0. The second-order valence-electron chi connectivity index (χ2n) is 21.7. The summed E-state index contributed by atoms with van der Waals surface area (Å²) in [5, 5.41) is 123. The van der Waals surface area contributed by atoms with Gasteiger partial charge in [0.05, 0.1) is 86.0 Å². The zero-order valence-corrected chi connectivity index (χ0v) is 45.3. The highest BCUT2D eigenvalue weighted by Gasteiger charge is 2.51. The van der Waals surface area contributed by atoms with Gasteiger partial charge in [0.25, 0.3) is 0 Å². The first kappa shape index (κ1) is 67.0. The molecule has 3 rings (SSSR count). The van der Waals surface area contributed by atoms with Crippen molar-refractivity contribution in [2.45, 2.75) is 228 Å². The highest BCUT2D eigenvalue weighted by molar-refractivity contribution is 5.86. The van der Waals surface area contributed by atoms with Gasteiger partial charge in [-0.15, -0.1) is 0 Å². The van der Waals surface area contributed by atoms with Gasteiger partial charge < -0.3 is 90.9 Å². The molecule has 0 unspecified atom stereocenters. The largest absolute Gasteiger partial charge is 0.481 e. The number of carboxylic acid groups (broad SMARTS) is 1. The fraction of sp³-hybridized carbons (Fsp3) is 0.709. The van der Waals surface area contributed by atoms with Crippen LogP contribution in [-0.4, -0.2) is 189 Å². The molecular formula is C55H88N2O20. The van der Waals surface area contributed by atoms with E-state index in [-0.39, 0.29) is 31.6 Å². The monoisotopic (exact) mass is 1100 g/mol. The quantitative estimate of drug-likeness (QED) is 0.159. The summed E-state index contributed by atoms with van der Waals surface area (Å²) in [7, 11) is 0. The summed E-state index contributed by atoms with van der Waals surface area (Å²) in [4.78, 5) is 51.0. The average molecular weight is 1100 g/mol. The highest BCUT2D eigenvalue weighted by Crippen LogP contribution is 2.38. The van der Waals surface area contributed by atoms with Crippen LogP contribution in [0.25, 0.3) is 0 Å². The van der Waals surface area contributed by atoms with Crippen molar-refractivity contribution in [2.24, 2.45) is 23.5 Å². The van der Waals surface area contributed by atoms with E-state index in [1.165, 1.54) is 19.1 Å². The number of allylic oxidation sites excluding steroid dienone is 10. The van der Waals surface area contributed by atoms with Crippen molar-refractivity contribution in [2.75, 3.05) is 0 Å². The number of carboxylic acids is 1. The summed E-state index contributed by atoms with van der Waals surface area (Å²) in [6.07, 6.45) is -0.961. The van der Waals surface area contributed by atoms with Gasteiger partial charge in [-0.3, -0.25) is 19.2 Å². The van der Waals surface area contributed by atoms with Gasteiger partial charge in [0.15, 0.2) is 12.1 Å². The van der Waals surface area contributed by atoms with E-state index in [2.05, 4.69) is 5.32 Å². The molecule has 3 heterocycles. The standard InChI is InChI=1S/C55H88N2O20/c1-31-20-18-16-14-12-10-8-9-11-13-15-17-19-21-38(75-53-50(68)47(49(67)34(4)74-53)57-51(69)39(56)28-45(65)77-54(5,6)7)27-43-46(52(70)71)42(63)30-55(72,76-43)29-41(62)40(61)23-22-35(58)24-36(59)25-37(60)26-44(64)73-33(3)32(2)48(31)66/h8-9,11,13-21,31-43,46-50,53,58-63,66-68,72H,10,12,22-30,56H2,1-7H3,(H,57,69)(H,70,71)/b9-8+,13-11+,16-14+,17-15+,20-18+,21-19+/t31-,32-,33-,34+,35+,36+,37+,38-,39+,40+,41+,42-,43-,46+,47-,48+,49+,50-,53-,55+/m0/s1. The van der Waals surface area contributed by atoms with Gasteiger partial charge >= 0.3 is 17.9 Å². The molecule has 77 heavy (non-hydrogen) atoms. The zero-order valence-electron chi connectivity index (χ0n) is 45.3. The van der Waals surface area contributed by atoms with Crippen LogP contribution in [0.1, 0.15) is 119 Å². The minimum atomic E-state index is -2.45. The Hall–Kier alpha value is -4.24. The third kappa shape index (κ3) is 23.6. The number of aliphatic hydroxyl groups is 10. The molecule has 0 spiro atoms. The molecular weight excluding hydrogens is 1010 g/mol. The van der Waals surface area contributed by atoms with Crippen molar-refractivity contribution in [3.05, 3.63) is 72.9 Å². The molecule has 14 N–H and O–H groups in total. The number of rotatable bonds is 7. The first-order valence-corrected chi connectivity index (χ1v) is 26.5. The molecule has 2 saturated heterocycles. The van der Waals surface area contributed by atoms with Crippen LogP contribution in [0, 0.1) is 17.8 Å². The molecule has 3 aliphatic rings. The highest BCUT2D eigenvalue weighted by atomic mass is 16.7. The maximum absolute atomic E-state index is 13.2. The number of aliphatic carboxylic acids is 1. The van der Waals surface area contributed by atoms with Crippen LogP contribution in [0.15, 0.2) is 72.9 Å². The van der Waals surface area contributed by atoms with E-state index in [9.17, 15) is 75.3 Å². The smallest absolute Gasteiger partial charge is 0.311 e. The molecule has 2 bridgehead atoms. The first-order chi connectivity index (χ1) is 36.0. The number of cyclic esters (lactones) is 1. The fourth-order valence-electron chi connectivity index (χ4n) is 9.18. The van der Waals surface area contributed by atoms with Crippen LogP contribution in [0.5, 0.6) is 0 Å². The maximum atomic E-state index is 13.2. The molecule has 0 aromatic rings. The second-order valence-corrected chi connectivity index (χ2v) is 21.7. The zero-order chi connectivity index (χ0) is 57.8. The van der Waals surface area contributed by atoms with Crippen molar-refractivity contribution >= 4 is 23.8 Å². The van der Waals surface area contributed by atoms with Crippen LogP contribution in [0.2, 0.25) is 0 Å². The molecule has 0 aromatic carbocycles. The first-order valence-electron chi connectivity index (χ1n) is 26.5. The number of amides is 1. The molecule has 20 atom stereocenters. The number of hydrogen-bond donors (Lipinski definition) is 13. The van der Waals surface area contributed by atoms with Gasteiger partial charge in [-0.25, -0.2) is 0 Å². The van der Waals surface area contributed by atoms with Gasteiger partial charge in [0.2, 0.25) is 5.91 Å². The van der Waals surface area contributed by atoms with E-state index in [1.54, 1.807) is 58.9 Å². The molecule has 0 radical (unpaired) electrons. The third-order valence-corrected chi connectivity index (χ3v) is 13.6. The van der Waals surface area contributed by atoms with Gasteiger partial charge in [-0.05, 0) is 73.1 Å². The van der Waals surface area contributed by atoms with Crippen molar-refractivity contribution in [3.8, 4) is 0 Å². The predicted octanol–water partition coefficient (Wildman–Crippen LogP) is 1.15. The van der Waals surface area contributed by atoms with E-state index >= 15 is 0 Å². The molecule has 1 amide bonds. The Morgan fingerprint density at radius 2 is 1.32 bits per heavy atom. The number of aliphatic hydroxyl groups excluding tert-OH is 9. The molecule has 0 aliphatic carbocycles. The topological polar surface area (TPSA) is 375 Å². The summed E-state index contributed by atoms with van der Waals surface area (Å²) in [5.74, 6) is -8.82. The lowest BCUT2D eigenvalue weighted by Gasteiger charge is -2.45. The molecule has 22 heteroatoms. The minimum Gasteiger partial charge on any atom is -0.481 e. The fourth-order valence-corrected chi connectivity index (χ4v) is 9.18. The Bertz CT molecular complexity index is 2020. The normalized spacial score (nSPS) is 40.5. The van der Waals surface area contributed by atoms with Crippen molar-refractivity contribution < 1.29 is 99.0 Å². The number of esters is 2. The van der Waals surface area contributed by atoms with E-state index in [0.29, 0.717) is 12.8 Å². The Morgan fingerprint density at radius 1 is 0.740 bits per heavy atom. The van der Waals surface area contributed by atoms with Crippen LogP contribution in [-0.2, 0) is 42.9 Å². The molecule has 0 saturated carbocycles. The van der Waals surface area contributed by atoms with Gasteiger partial charge in [0.1, 0.15) is 29.8 Å². The van der Waals surface area contributed by atoms with E-state index in [1.807, 2.05) is 43.4 Å². The Morgan fingerprint density at radius 3 is 1.96 bits per heavy atom.